The van der Waals surface area contributed by atoms with Gasteiger partial charge in [-0.25, -0.2) is 0 Å². The van der Waals surface area contributed by atoms with Gasteiger partial charge in [0.05, 0.1) is 28.3 Å². The van der Waals surface area contributed by atoms with Crippen LogP contribution in [0.25, 0.3) is 0 Å². The van der Waals surface area contributed by atoms with Gasteiger partial charge in [-0.2, -0.15) is 0 Å². The second kappa shape index (κ2) is 6.79. The summed E-state index contributed by atoms with van der Waals surface area (Å²) in [6.45, 7) is 8.27. The van der Waals surface area contributed by atoms with Gasteiger partial charge in [-0.15, -0.1) is 0 Å². The van der Waals surface area contributed by atoms with Crippen molar-refractivity contribution in [3.63, 3.8) is 0 Å². The topological polar surface area (TPSA) is 84.6 Å². The molecule has 150 valence electrons. The summed E-state index contributed by atoms with van der Waals surface area (Å²) in [5.41, 5.74) is 5.42. The lowest BCUT2D eigenvalue weighted by Gasteiger charge is -2.37. The minimum atomic E-state index is -0.432. The highest BCUT2D eigenvalue weighted by atomic mass is 16.6. The third-order valence-corrected chi connectivity index (χ3v) is 5.98. The van der Waals surface area contributed by atoms with Crippen LogP contribution in [0.4, 0.5) is 17.1 Å². The molecular formula is C23H25N3O3. The number of nitrogens with zero attached hydrogens (tertiary/aromatic N) is 2. The maximum Gasteiger partial charge on any atom is 0.269 e. The van der Waals surface area contributed by atoms with Gasteiger partial charge in [0.25, 0.3) is 5.69 Å². The van der Waals surface area contributed by atoms with Crippen molar-refractivity contribution in [1.29, 1.82) is 0 Å². The van der Waals surface area contributed by atoms with Crippen LogP contribution in [0.5, 0.6) is 0 Å². The molecule has 0 aromatic heterocycles. The fourth-order valence-electron chi connectivity index (χ4n) is 4.44. The highest BCUT2D eigenvalue weighted by Gasteiger charge is 2.44. The molecular weight excluding hydrogens is 366 g/mol. The van der Waals surface area contributed by atoms with Crippen molar-refractivity contribution in [2.24, 2.45) is 16.3 Å². The molecule has 2 atom stereocenters. The standard InChI is InChI=1S/C23H25N3O3/c1-13-8-17-18(9-14(13)2)25-22(15-6-5-7-16(10-15)26(28)29)21-19(24-17)11-23(3,4)12-20(21)27/h5-10,21-22,25H,11-12H2,1-4H3/t21?,22-/m0/s1. The van der Waals surface area contributed by atoms with Gasteiger partial charge >= 0.3 is 0 Å². The zero-order chi connectivity index (χ0) is 20.9. The molecule has 0 spiro atoms. The van der Waals surface area contributed by atoms with E-state index in [1.165, 1.54) is 6.07 Å². The summed E-state index contributed by atoms with van der Waals surface area (Å²) in [5, 5.41) is 14.8. The van der Waals surface area contributed by atoms with Crippen LogP contribution in [0.15, 0.2) is 41.4 Å². The lowest BCUT2D eigenvalue weighted by molar-refractivity contribution is -0.384. The fourth-order valence-corrected chi connectivity index (χ4v) is 4.44. The van der Waals surface area contributed by atoms with Gasteiger partial charge in [0.15, 0.2) is 0 Å². The molecule has 6 heteroatoms. The second-order valence-electron chi connectivity index (χ2n) is 8.99. The van der Waals surface area contributed by atoms with Crippen LogP contribution in [-0.2, 0) is 4.79 Å². The van der Waals surface area contributed by atoms with E-state index in [1.54, 1.807) is 12.1 Å². The zero-order valence-corrected chi connectivity index (χ0v) is 17.2. The van der Waals surface area contributed by atoms with E-state index in [2.05, 4.69) is 19.2 Å². The van der Waals surface area contributed by atoms with Gasteiger partial charge in [-0.3, -0.25) is 19.9 Å². The number of aliphatic imine (C=N–C) groups is 1. The van der Waals surface area contributed by atoms with E-state index >= 15 is 0 Å². The van der Waals surface area contributed by atoms with E-state index in [0.717, 1.165) is 40.2 Å². The number of hydrogen-bond donors (Lipinski definition) is 1. The lowest BCUT2D eigenvalue weighted by Crippen LogP contribution is -2.42. The minimum Gasteiger partial charge on any atom is -0.375 e. The SMILES string of the molecule is Cc1cc2c(cc1C)N[C@@H](c1cccc([N+](=O)[O-])c1)C1C(=O)CC(C)(C)CC1=N2. The first-order chi connectivity index (χ1) is 13.6. The molecule has 0 saturated heterocycles. The van der Waals surface area contributed by atoms with Crippen molar-refractivity contribution in [2.45, 2.75) is 46.6 Å². The number of aryl methyl sites for hydroxylation is 2. The summed E-state index contributed by atoms with van der Waals surface area (Å²) in [4.78, 5) is 29.1. The zero-order valence-electron chi connectivity index (χ0n) is 17.2. The first kappa shape index (κ1) is 19.3. The summed E-state index contributed by atoms with van der Waals surface area (Å²) in [5.74, 6) is -0.303. The Labute approximate surface area is 170 Å². The summed E-state index contributed by atoms with van der Waals surface area (Å²) in [7, 11) is 0. The summed E-state index contributed by atoms with van der Waals surface area (Å²) in [6, 6.07) is 10.3. The van der Waals surface area contributed by atoms with Crippen LogP contribution >= 0.6 is 0 Å². The Morgan fingerprint density at radius 3 is 2.59 bits per heavy atom. The number of fused-ring (bicyclic) bond motifs is 2. The number of hydrogen-bond acceptors (Lipinski definition) is 5. The first-order valence-electron chi connectivity index (χ1n) is 9.87. The Balaban J connectivity index is 1.90. The van der Waals surface area contributed by atoms with Crippen LogP contribution in [0.2, 0.25) is 0 Å². The highest BCUT2D eigenvalue weighted by molar-refractivity contribution is 6.10. The molecule has 1 fully saturated rings. The molecule has 6 nitrogen and oxygen atoms in total. The van der Waals surface area contributed by atoms with E-state index in [1.807, 2.05) is 32.0 Å². The Morgan fingerprint density at radius 1 is 1.14 bits per heavy atom. The van der Waals surface area contributed by atoms with E-state index < -0.39 is 10.8 Å². The van der Waals surface area contributed by atoms with Crippen molar-refractivity contribution in [1.82, 2.24) is 0 Å². The summed E-state index contributed by atoms with van der Waals surface area (Å²) < 4.78 is 0. The largest absolute Gasteiger partial charge is 0.375 e. The Morgan fingerprint density at radius 2 is 1.86 bits per heavy atom. The molecule has 1 unspecified atom stereocenters. The van der Waals surface area contributed by atoms with Crippen LogP contribution in [-0.4, -0.2) is 16.4 Å². The van der Waals surface area contributed by atoms with Crippen molar-refractivity contribution < 1.29 is 9.72 Å². The van der Waals surface area contributed by atoms with Gasteiger partial charge in [-0.05, 0) is 54.5 Å². The molecule has 2 aromatic carbocycles. The van der Waals surface area contributed by atoms with Gasteiger partial charge in [0.2, 0.25) is 0 Å². The number of ketones is 1. The van der Waals surface area contributed by atoms with E-state index in [-0.39, 0.29) is 22.9 Å². The second-order valence-corrected chi connectivity index (χ2v) is 8.99. The van der Waals surface area contributed by atoms with E-state index in [4.69, 9.17) is 4.99 Å². The number of nitro benzene ring substituents is 1. The van der Waals surface area contributed by atoms with Crippen molar-refractivity contribution >= 4 is 28.6 Å². The number of anilines is 1. The van der Waals surface area contributed by atoms with Crippen molar-refractivity contribution in [2.75, 3.05) is 5.32 Å². The van der Waals surface area contributed by atoms with Gasteiger partial charge in [-0.1, -0.05) is 26.0 Å². The van der Waals surface area contributed by atoms with Crippen molar-refractivity contribution in [3.8, 4) is 0 Å². The average molecular weight is 391 g/mol. The molecule has 29 heavy (non-hydrogen) atoms. The van der Waals surface area contributed by atoms with Gasteiger partial charge in [0.1, 0.15) is 5.78 Å². The molecule has 2 aliphatic rings. The molecule has 1 saturated carbocycles. The van der Waals surface area contributed by atoms with Crippen LogP contribution < -0.4 is 5.32 Å². The van der Waals surface area contributed by atoms with Crippen LogP contribution in [0.3, 0.4) is 0 Å². The Kier molecular flexibility index (Phi) is 4.52. The Bertz CT molecular complexity index is 1060. The quantitative estimate of drug-likeness (QED) is 0.544. The van der Waals surface area contributed by atoms with Crippen molar-refractivity contribution in [3.05, 3.63) is 63.2 Å². The number of benzene rings is 2. The Hall–Kier alpha value is -3.02. The molecule has 1 N–H and O–H groups in total. The number of nitrogens with one attached hydrogen (secondary N) is 1. The predicted molar refractivity (Wildman–Crippen MR) is 114 cm³/mol. The maximum absolute atomic E-state index is 13.2. The smallest absolute Gasteiger partial charge is 0.269 e. The molecule has 0 bridgehead atoms. The molecule has 0 amide bonds. The van der Waals surface area contributed by atoms with E-state index in [0.29, 0.717) is 6.42 Å². The number of non-ortho nitro benzene ring substituents is 1. The first-order valence-corrected chi connectivity index (χ1v) is 9.87. The van der Waals surface area contributed by atoms with Crippen LogP contribution in [0, 0.1) is 35.3 Å². The number of carbonyl (C=O) groups is 1. The fraction of sp³-hybridized carbons (Fsp3) is 0.391. The minimum absolute atomic E-state index is 0.0240. The molecule has 1 heterocycles. The van der Waals surface area contributed by atoms with Gasteiger partial charge in [0, 0.05) is 24.3 Å². The summed E-state index contributed by atoms with van der Waals surface area (Å²) >= 11 is 0. The highest BCUT2D eigenvalue weighted by Crippen LogP contribution is 2.45. The number of carbonyl (C=O) groups excluding carboxylic acids is 1. The molecule has 4 rings (SSSR count). The monoisotopic (exact) mass is 391 g/mol. The number of Topliss-reactive ketones (excluding diaryl/α,β-unsaturated/α-hetero) is 1. The number of rotatable bonds is 2. The van der Waals surface area contributed by atoms with Crippen LogP contribution in [0.1, 0.15) is 49.4 Å². The third-order valence-electron chi connectivity index (χ3n) is 5.98. The molecule has 1 aliphatic heterocycles. The van der Waals surface area contributed by atoms with E-state index in [9.17, 15) is 14.9 Å². The molecule has 0 radical (unpaired) electrons. The third kappa shape index (κ3) is 3.55. The maximum atomic E-state index is 13.2. The number of nitro groups is 1. The normalized spacial score (nSPS) is 22.6. The lowest BCUT2D eigenvalue weighted by atomic mass is 9.68. The summed E-state index contributed by atoms with van der Waals surface area (Å²) in [6.07, 6.45) is 1.20. The van der Waals surface area contributed by atoms with Gasteiger partial charge < -0.3 is 5.32 Å². The molecule has 1 aliphatic carbocycles. The molecule has 2 aromatic rings. The average Bonchev–Trinajstić information content (AvgIpc) is 2.78. The predicted octanol–water partition coefficient (Wildman–Crippen LogP) is 5.46.